The normalized spacial score (nSPS) is 17.3. The fourth-order valence-electron chi connectivity index (χ4n) is 2.13. The van der Waals surface area contributed by atoms with E-state index in [-0.39, 0.29) is 5.56 Å². The van der Waals surface area contributed by atoms with E-state index in [1.165, 1.54) is 18.2 Å². The zero-order chi connectivity index (χ0) is 13.4. The molecule has 19 heavy (non-hydrogen) atoms. The van der Waals surface area contributed by atoms with E-state index in [0.717, 1.165) is 10.2 Å². The van der Waals surface area contributed by atoms with Gasteiger partial charge in [-0.25, -0.2) is 8.78 Å². The molecular formula is C14H10BrF2NO. The van der Waals surface area contributed by atoms with E-state index < -0.39 is 17.7 Å². The standard InChI is InChI=1S/C14H10BrF2NO/c15-8-3-1-6-11-14(8)19-12(7-18-11)13-9(16)4-2-5-10(13)17/h1-6,12,18H,7H2. The van der Waals surface area contributed by atoms with Crippen molar-refractivity contribution in [2.45, 2.75) is 6.10 Å². The predicted molar refractivity (Wildman–Crippen MR) is 72.4 cm³/mol. The third-order valence-corrected chi connectivity index (χ3v) is 3.65. The van der Waals surface area contributed by atoms with Crippen LogP contribution in [0.25, 0.3) is 0 Å². The maximum absolute atomic E-state index is 13.8. The molecule has 98 valence electrons. The highest BCUT2D eigenvalue weighted by atomic mass is 79.9. The lowest BCUT2D eigenvalue weighted by molar-refractivity contribution is 0.198. The quantitative estimate of drug-likeness (QED) is 0.845. The lowest BCUT2D eigenvalue weighted by Crippen LogP contribution is -2.25. The Kier molecular flexibility index (Phi) is 3.14. The number of hydrogen-bond acceptors (Lipinski definition) is 2. The van der Waals surface area contributed by atoms with Gasteiger partial charge in [0.2, 0.25) is 0 Å². The van der Waals surface area contributed by atoms with Crippen molar-refractivity contribution in [3.8, 4) is 5.75 Å². The topological polar surface area (TPSA) is 21.3 Å². The van der Waals surface area contributed by atoms with Crippen molar-refractivity contribution in [2.24, 2.45) is 0 Å². The second-order valence-electron chi connectivity index (χ2n) is 4.24. The molecule has 1 atom stereocenters. The lowest BCUT2D eigenvalue weighted by Gasteiger charge is -2.28. The molecule has 1 heterocycles. The molecule has 2 aromatic carbocycles. The van der Waals surface area contributed by atoms with Gasteiger partial charge in [-0.1, -0.05) is 12.1 Å². The number of fused-ring (bicyclic) bond motifs is 1. The maximum atomic E-state index is 13.8. The summed E-state index contributed by atoms with van der Waals surface area (Å²) in [5.74, 6) is -0.619. The van der Waals surface area contributed by atoms with Crippen LogP contribution < -0.4 is 10.1 Å². The second-order valence-corrected chi connectivity index (χ2v) is 5.09. The highest BCUT2D eigenvalue weighted by molar-refractivity contribution is 9.10. The zero-order valence-corrected chi connectivity index (χ0v) is 11.4. The Morgan fingerprint density at radius 2 is 1.79 bits per heavy atom. The van der Waals surface area contributed by atoms with E-state index in [2.05, 4.69) is 21.2 Å². The minimum atomic E-state index is -0.688. The van der Waals surface area contributed by atoms with Crippen LogP contribution in [0, 0.1) is 11.6 Å². The largest absolute Gasteiger partial charge is 0.480 e. The van der Waals surface area contributed by atoms with Crippen LogP contribution in [0.3, 0.4) is 0 Å². The van der Waals surface area contributed by atoms with Gasteiger partial charge in [0.1, 0.15) is 17.7 Å². The van der Waals surface area contributed by atoms with Crippen molar-refractivity contribution >= 4 is 21.6 Å². The fraction of sp³-hybridized carbons (Fsp3) is 0.143. The van der Waals surface area contributed by atoms with Crippen molar-refractivity contribution in [1.29, 1.82) is 0 Å². The number of anilines is 1. The summed E-state index contributed by atoms with van der Waals surface area (Å²) in [4.78, 5) is 0. The van der Waals surface area contributed by atoms with Crippen LogP contribution in [0.5, 0.6) is 5.75 Å². The number of nitrogens with one attached hydrogen (secondary N) is 1. The van der Waals surface area contributed by atoms with Crippen LogP contribution >= 0.6 is 15.9 Å². The molecule has 0 fully saturated rings. The Hall–Kier alpha value is -1.62. The minimum Gasteiger partial charge on any atom is -0.480 e. The number of hydrogen-bond donors (Lipinski definition) is 1. The Balaban J connectivity index is 2.00. The number of halogens is 3. The molecule has 0 bridgehead atoms. The molecule has 0 aliphatic carbocycles. The molecule has 0 amide bonds. The van der Waals surface area contributed by atoms with Crippen LogP contribution in [0.4, 0.5) is 14.5 Å². The molecule has 1 aliphatic heterocycles. The first kappa shape index (κ1) is 12.4. The van der Waals surface area contributed by atoms with Crippen LogP contribution in [0.2, 0.25) is 0 Å². The van der Waals surface area contributed by atoms with E-state index in [4.69, 9.17) is 4.74 Å². The average molecular weight is 326 g/mol. The van der Waals surface area contributed by atoms with Crippen molar-refractivity contribution in [2.75, 3.05) is 11.9 Å². The molecule has 5 heteroatoms. The van der Waals surface area contributed by atoms with E-state index in [0.29, 0.717) is 12.3 Å². The molecule has 2 nitrogen and oxygen atoms in total. The van der Waals surface area contributed by atoms with E-state index in [9.17, 15) is 8.78 Å². The second kappa shape index (κ2) is 4.81. The van der Waals surface area contributed by atoms with Gasteiger partial charge < -0.3 is 10.1 Å². The Labute approximate surface area is 117 Å². The smallest absolute Gasteiger partial charge is 0.157 e. The van der Waals surface area contributed by atoms with Gasteiger partial charge in [0.05, 0.1) is 22.3 Å². The minimum absolute atomic E-state index is 0.0450. The number of para-hydroxylation sites is 1. The molecule has 0 aromatic heterocycles. The molecule has 1 aliphatic rings. The van der Waals surface area contributed by atoms with Gasteiger partial charge in [-0.3, -0.25) is 0 Å². The van der Waals surface area contributed by atoms with Gasteiger partial charge in [0.25, 0.3) is 0 Å². The van der Waals surface area contributed by atoms with Gasteiger partial charge in [-0.2, -0.15) is 0 Å². The first-order valence-electron chi connectivity index (χ1n) is 5.80. The van der Waals surface area contributed by atoms with Crippen molar-refractivity contribution in [3.63, 3.8) is 0 Å². The first-order valence-corrected chi connectivity index (χ1v) is 6.59. The Bertz CT molecular complexity index is 613. The number of ether oxygens (including phenoxy) is 1. The summed E-state index contributed by atoms with van der Waals surface area (Å²) in [6.07, 6.45) is -0.688. The van der Waals surface area contributed by atoms with Crippen molar-refractivity contribution in [1.82, 2.24) is 0 Å². The molecule has 0 saturated heterocycles. The van der Waals surface area contributed by atoms with Crippen LogP contribution in [-0.4, -0.2) is 6.54 Å². The molecule has 0 saturated carbocycles. The zero-order valence-electron chi connectivity index (χ0n) is 9.79. The summed E-state index contributed by atoms with van der Waals surface area (Å²) < 4.78 is 34.0. The highest BCUT2D eigenvalue weighted by Gasteiger charge is 2.27. The van der Waals surface area contributed by atoms with Gasteiger partial charge >= 0.3 is 0 Å². The number of rotatable bonds is 1. The van der Waals surface area contributed by atoms with Crippen LogP contribution in [-0.2, 0) is 0 Å². The van der Waals surface area contributed by atoms with Crippen molar-refractivity contribution < 1.29 is 13.5 Å². The molecular weight excluding hydrogens is 316 g/mol. The van der Waals surface area contributed by atoms with Crippen LogP contribution in [0.15, 0.2) is 40.9 Å². The Morgan fingerprint density at radius 3 is 2.53 bits per heavy atom. The molecule has 3 rings (SSSR count). The fourth-order valence-corrected chi connectivity index (χ4v) is 2.59. The summed E-state index contributed by atoms with van der Waals surface area (Å²) in [5, 5.41) is 3.12. The predicted octanol–water partition coefficient (Wildman–Crippen LogP) is 4.27. The lowest BCUT2D eigenvalue weighted by atomic mass is 10.1. The molecule has 1 N–H and O–H groups in total. The molecule has 0 radical (unpaired) electrons. The molecule has 0 spiro atoms. The maximum Gasteiger partial charge on any atom is 0.157 e. The SMILES string of the molecule is Fc1cccc(F)c1C1CNc2cccc(Br)c2O1. The summed E-state index contributed by atoms with van der Waals surface area (Å²) in [6.45, 7) is 0.321. The monoisotopic (exact) mass is 325 g/mol. The number of benzene rings is 2. The third kappa shape index (κ3) is 2.18. The third-order valence-electron chi connectivity index (χ3n) is 3.03. The van der Waals surface area contributed by atoms with Gasteiger partial charge in [0.15, 0.2) is 5.75 Å². The van der Waals surface area contributed by atoms with Gasteiger partial charge in [-0.05, 0) is 40.2 Å². The van der Waals surface area contributed by atoms with Crippen molar-refractivity contribution in [3.05, 3.63) is 58.1 Å². The average Bonchev–Trinajstić information content (AvgIpc) is 2.39. The van der Waals surface area contributed by atoms with E-state index >= 15 is 0 Å². The summed E-state index contributed by atoms with van der Waals surface area (Å²) >= 11 is 3.37. The summed E-state index contributed by atoms with van der Waals surface area (Å²) in [5.41, 5.74) is 0.763. The molecule has 1 unspecified atom stereocenters. The van der Waals surface area contributed by atoms with Gasteiger partial charge in [-0.15, -0.1) is 0 Å². The Morgan fingerprint density at radius 1 is 1.11 bits per heavy atom. The van der Waals surface area contributed by atoms with E-state index in [1.807, 2.05) is 18.2 Å². The molecule has 2 aromatic rings. The van der Waals surface area contributed by atoms with E-state index in [1.54, 1.807) is 0 Å². The summed E-state index contributed by atoms with van der Waals surface area (Å²) in [7, 11) is 0. The summed E-state index contributed by atoms with van der Waals surface area (Å²) in [6, 6.07) is 9.35. The van der Waals surface area contributed by atoms with Gasteiger partial charge in [0, 0.05) is 0 Å². The first-order chi connectivity index (χ1) is 9.16. The highest BCUT2D eigenvalue weighted by Crippen LogP contribution is 2.40. The van der Waals surface area contributed by atoms with Crippen LogP contribution in [0.1, 0.15) is 11.7 Å².